The summed E-state index contributed by atoms with van der Waals surface area (Å²) < 4.78 is 0. The first-order chi connectivity index (χ1) is 8.19. The number of hydrogen-bond acceptors (Lipinski definition) is 3. The Labute approximate surface area is 108 Å². The molecule has 0 spiro atoms. The molecule has 17 heavy (non-hydrogen) atoms. The van der Waals surface area contributed by atoms with Gasteiger partial charge in [0.1, 0.15) is 0 Å². The van der Waals surface area contributed by atoms with E-state index in [-0.39, 0.29) is 0 Å². The molecule has 0 saturated heterocycles. The largest absolute Gasteiger partial charge is 0.335 e. The number of rotatable bonds is 2. The van der Waals surface area contributed by atoms with Gasteiger partial charge in [0, 0.05) is 11.4 Å². The summed E-state index contributed by atoms with van der Waals surface area (Å²) in [4.78, 5) is 4.62. The highest BCUT2D eigenvalue weighted by Crippen LogP contribution is 2.21. The van der Waals surface area contributed by atoms with E-state index in [2.05, 4.69) is 49.3 Å². The zero-order valence-corrected chi connectivity index (χ0v) is 11.6. The van der Waals surface area contributed by atoms with Crippen LogP contribution < -0.4 is 5.32 Å². The van der Waals surface area contributed by atoms with Gasteiger partial charge < -0.3 is 5.32 Å². The van der Waals surface area contributed by atoms with Crippen molar-refractivity contribution in [3.63, 3.8) is 0 Å². The summed E-state index contributed by atoms with van der Waals surface area (Å²) in [5.74, 6) is 1.17. The van der Waals surface area contributed by atoms with Crippen LogP contribution in [0.2, 0.25) is 0 Å². The van der Waals surface area contributed by atoms with Crippen molar-refractivity contribution in [3.8, 4) is 0 Å². The van der Waals surface area contributed by atoms with Crippen LogP contribution in [0.15, 0.2) is 23.2 Å². The molecule has 1 aromatic rings. The number of aryl methyl sites for hydroxylation is 2. The molecular weight excluding hydrogens is 228 g/mol. The van der Waals surface area contributed by atoms with Crippen LogP contribution in [0.3, 0.4) is 0 Å². The molecule has 1 aliphatic rings. The van der Waals surface area contributed by atoms with E-state index < -0.39 is 0 Å². The molecule has 2 nitrogen and oxygen atoms in total. The summed E-state index contributed by atoms with van der Waals surface area (Å²) in [7, 11) is 0. The average molecular weight is 248 g/mol. The fourth-order valence-corrected chi connectivity index (χ4v) is 3.09. The third-order valence-corrected chi connectivity index (χ3v) is 4.01. The smallest absolute Gasteiger partial charge is 0.161 e. The van der Waals surface area contributed by atoms with Gasteiger partial charge in [0.05, 0.1) is 6.04 Å². The third-order valence-electron chi connectivity index (χ3n) is 3.09. The average Bonchev–Trinajstić information content (AvgIpc) is 2.29. The lowest BCUT2D eigenvalue weighted by Crippen LogP contribution is -2.18. The van der Waals surface area contributed by atoms with E-state index in [9.17, 15) is 0 Å². The van der Waals surface area contributed by atoms with Crippen LogP contribution in [0.1, 0.15) is 31.4 Å². The molecule has 0 aromatic heterocycles. The zero-order chi connectivity index (χ0) is 12.3. The van der Waals surface area contributed by atoms with Crippen molar-refractivity contribution in [3.05, 3.63) is 29.3 Å². The maximum absolute atomic E-state index is 4.62. The molecule has 0 fully saturated rings. The number of thioether (sulfide) groups is 1. The number of amidine groups is 1. The van der Waals surface area contributed by atoms with Gasteiger partial charge in [-0.2, -0.15) is 0 Å². The number of benzene rings is 1. The first kappa shape index (κ1) is 12.5. The molecular formula is C14H20N2S. The molecule has 0 bridgehead atoms. The Hall–Kier alpha value is -0.960. The summed E-state index contributed by atoms with van der Waals surface area (Å²) in [6, 6.07) is 7.01. The fraction of sp³-hybridized carbons (Fsp3) is 0.500. The summed E-state index contributed by atoms with van der Waals surface area (Å²) in [5.41, 5.74) is 3.93. The Morgan fingerprint density at radius 2 is 2.29 bits per heavy atom. The molecule has 1 aromatic carbocycles. The van der Waals surface area contributed by atoms with E-state index >= 15 is 0 Å². The number of anilines is 1. The van der Waals surface area contributed by atoms with Crippen molar-refractivity contribution in [1.29, 1.82) is 0 Å². The molecule has 0 amide bonds. The quantitative estimate of drug-likeness (QED) is 0.859. The minimum atomic E-state index is 0.453. The summed E-state index contributed by atoms with van der Waals surface area (Å²) in [6.45, 7) is 6.54. The van der Waals surface area contributed by atoms with Gasteiger partial charge in [0.15, 0.2) is 5.17 Å². The van der Waals surface area contributed by atoms with Crippen molar-refractivity contribution in [1.82, 2.24) is 0 Å². The molecule has 1 N–H and O–H groups in total. The molecule has 2 rings (SSSR count). The predicted octanol–water partition coefficient (Wildman–Crippen LogP) is 3.85. The fourth-order valence-electron chi connectivity index (χ4n) is 1.99. The van der Waals surface area contributed by atoms with E-state index in [4.69, 9.17) is 0 Å². The van der Waals surface area contributed by atoms with Gasteiger partial charge in [0.25, 0.3) is 0 Å². The van der Waals surface area contributed by atoms with Crippen molar-refractivity contribution in [2.24, 2.45) is 4.99 Å². The molecule has 92 valence electrons. The van der Waals surface area contributed by atoms with Crippen LogP contribution in [0.25, 0.3) is 0 Å². The van der Waals surface area contributed by atoms with E-state index in [1.807, 2.05) is 11.8 Å². The predicted molar refractivity (Wildman–Crippen MR) is 78.2 cm³/mol. The first-order valence-electron chi connectivity index (χ1n) is 6.26. The molecule has 0 radical (unpaired) electrons. The lowest BCUT2D eigenvalue weighted by molar-refractivity contribution is 0.720. The van der Waals surface area contributed by atoms with Crippen LogP contribution in [0.4, 0.5) is 5.69 Å². The van der Waals surface area contributed by atoms with Crippen molar-refractivity contribution in [2.45, 2.75) is 39.7 Å². The second kappa shape index (κ2) is 5.58. The minimum Gasteiger partial charge on any atom is -0.335 e. The summed E-state index contributed by atoms with van der Waals surface area (Å²) >= 11 is 1.82. The van der Waals surface area contributed by atoms with Crippen molar-refractivity contribution in [2.75, 3.05) is 11.1 Å². The van der Waals surface area contributed by atoms with Crippen LogP contribution in [-0.2, 0) is 6.42 Å². The third kappa shape index (κ3) is 3.25. The highest BCUT2D eigenvalue weighted by atomic mass is 32.2. The standard InChI is InChI=1S/C14H20N2S/c1-4-12-5-6-13(9-10(12)2)16-14-15-11(3)7-8-17-14/h5-6,9,11H,4,7-8H2,1-3H3,(H,15,16). The Balaban J connectivity index is 2.11. The van der Waals surface area contributed by atoms with Crippen LogP contribution in [0.5, 0.6) is 0 Å². The van der Waals surface area contributed by atoms with Gasteiger partial charge in [-0.3, -0.25) is 4.99 Å². The number of hydrogen-bond donors (Lipinski definition) is 1. The molecule has 0 saturated carbocycles. The van der Waals surface area contributed by atoms with E-state index in [0.717, 1.165) is 17.3 Å². The van der Waals surface area contributed by atoms with E-state index in [1.165, 1.54) is 23.3 Å². The molecule has 1 atom stereocenters. The van der Waals surface area contributed by atoms with Crippen LogP contribution in [0, 0.1) is 6.92 Å². The monoisotopic (exact) mass is 248 g/mol. The molecule has 3 heteroatoms. The minimum absolute atomic E-state index is 0.453. The van der Waals surface area contributed by atoms with Gasteiger partial charge in [-0.05, 0) is 49.9 Å². The second-order valence-electron chi connectivity index (χ2n) is 4.54. The SMILES string of the molecule is CCc1ccc(NC2=NC(C)CCS2)cc1C. The normalized spacial score (nSPS) is 19.9. The number of nitrogens with zero attached hydrogens (tertiary/aromatic N) is 1. The van der Waals surface area contributed by atoms with E-state index in [1.54, 1.807) is 0 Å². The molecule has 0 aliphatic carbocycles. The maximum Gasteiger partial charge on any atom is 0.161 e. The van der Waals surface area contributed by atoms with E-state index in [0.29, 0.717) is 6.04 Å². The van der Waals surface area contributed by atoms with Gasteiger partial charge in [-0.1, -0.05) is 24.8 Å². The van der Waals surface area contributed by atoms with Gasteiger partial charge in [-0.15, -0.1) is 0 Å². The Kier molecular flexibility index (Phi) is 4.11. The lowest BCUT2D eigenvalue weighted by atomic mass is 10.1. The van der Waals surface area contributed by atoms with Crippen molar-refractivity contribution >= 4 is 22.6 Å². The first-order valence-corrected chi connectivity index (χ1v) is 7.24. The second-order valence-corrected chi connectivity index (χ2v) is 5.62. The number of aliphatic imine (C=N–C) groups is 1. The highest BCUT2D eigenvalue weighted by Gasteiger charge is 2.11. The molecule has 1 heterocycles. The van der Waals surface area contributed by atoms with Crippen LogP contribution >= 0.6 is 11.8 Å². The lowest BCUT2D eigenvalue weighted by Gasteiger charge is -2.18. The topological polar surface area (TPSA) is 24.4 Å². The Morgan fingerprint density at radius 1 is 1.47 bits per heavy atom. The zero-order valence-electron chi connectivity index (χ0n) is 10.8. The maximum atomic E-state index is 4.62. The molecule has 1 aliphatic heterocycles. The Morgan fingerprint density at radius 3 is 2.94 bits per heavy atom. The van der Waals surface area contributed by atoms with Gasteiger partial charge >= 0.3 is 0 Å². The number of nitrogens with one attached hydrogen (secondary N) is 1. The summed E-state index contributed by atoms with van der Waals surface area (Å²) in [5, 5.41) is 4.48. The van der Waals surface area contributed by atoms with Crippen LogP contribution in [-0.4, -0.2) is 17.0 Å². The van der Waals surface area contributed by atoms with Crippen molar-refractivity contribution < 1.29 is 0 Å². The summed E-state index contributed by atoms with van der Waals surface area (Å²) in [6.07, 6.45) is 2.28. The highest BCUT2D eigenvalue weighted by molar-refractivity contribution is 8.14. The Bertz CT molecular complexity index is 426. The molecule has 1 unspecified atom stereocenters. The van der Waals surface area contributed by atoms with Gasteiger partial charge in [-0.25, -0.2) is 0 Å². The van der Waals surface area contributed by atoms with Gasteiger partial charge in [0.2, 0.25) is 0 Å².